The quantitative estimate of drug-likeness (QED) is 0.930. The summed E-state index contributed by atoms with van der Waals surface area (Å²) < 4.78 is 0. The van der Waals surface area contributed by atoms with Gasteiger partial charge in [-0.3, -0.25) is 4.79 Å². The first-order valence-corrected chi connectivity index (χ1v) is 7.81. The van der Waals surface area contributed by atoms with E-state index < -0.39 is 6.10 Å². The third-order valence-corrected chi connectivity index (χ3v) is 4.67. The number of aliphatic hydroxyl groups excluding tert-OH is 1. The van der Waals surface area contributed by atoms with E-state index in [9.17, 15) is 9.90 Å². The second kappa shape index (κ2) is 5.78. The summed E-state index contributed by atoms with van der Waals surface area (Å²) in [6.45, 7) is 2.17. The molecule has 0 aromatic heterocycles. The molecule has 0 spiro atoms. The lowest BCUT2D eigenvalue weighted by molar-refractivity contribution is -0.142. The van der Waals surface area contributed by atoms with Gasteiger partial charge >= 0.3 is 0 Å². The highest BCUT2D eigenvalue weighted by Crippen LogP contribution is 2.41. The molecule has 1 aliphatic heterocycles. The topological polar surface area (TPSA) is 52.9 Å². The number of carbonyl (C=O) groups is 1. The highest BCUT2D eigenvalue weighted by molar-refractivity contribution is 6.30. The van der Waals surface area contributed by atoms with Crippen LogP contribution in [0.2, 0.25) is 5.02 Å². The first-order valence-electron chi connectivity index (χ1n) is 7.44. The molecular formula is C16H19ClN2O2. The molecule has 5 heteroatoms. The van der Waals surface area contributed by atoms with Gasteiger partial charge in [0, 0.05) is 16.9 Å². The van der Waals surface area contributed by atoms with Gasteiger partial charge in [0.05, 0.1) is 18.4 Å². The molecule has 1 unspecified atom stereocenters. The van der Waals surface area contributed by atoms with Crippen LogP contribution in [0.3, 0.4) is 0 Å². The number of rotatable bonds is 4. The number of aliphatic hydroxyl groups is 1. The van der Waals surface area contributed by atoms with Crippen LogP contribution in [0, 0.1) is 11.8 Å². The molecule has 3 rings (SSSR count). The minimum Gasteiger partial charge on any atom is -0.391 e. The normalized spacial score (nSPS) is 26.0. The van der Waals surface area contributed by atoms with E-state index in [0.29, 0.717) is 11.4 Å². The summed E-state index contributed by atoms with van der Waals surface area (Å²) in [5, 5.41) is 16.5. The molecule has 1 aromatic rings. The van der Waals surface area contributed by atoms with E-state index in [1.807, 2.05) is 31.2 Å². The molecule has 1 aliphatic carbocycles. The number of halogens is 1. The number of hydrogen-bond donors (Lipinski definition) is 1. The fourth-order valence-electron chi connectivity index (χ4n) is 2.92. The van der Waals surface area contributed by atoms with Gasteiger partial charge in [-0.2, -0.15) is 5.10 Å². The van der Waals surface area contributed by atoms with Crippen LogP contribution in [0.15, 0.2) is 29.4 Å². The van der Waals surface area contributed by atoms with Gasteiger partial charge in [0.1, 0.15) is 0 Å². The van der Waals surface area contributed by atoms with Crippen molar-refractivity contribution in [3.8, 4) is 0 Å². The summed E-state index contributed by atoms with van der Waals surface area (Å²) in [7, 11) is 0. The van der Waals surface area contributed by atoms with E-state index >= 15 is 0 Å². The Labute approximate surface area is 129 Å². The summed E-state index contributed by atoms with van der Waals surface area (Å²) in [6.07, 6.45) is 2.00. The lowest BCUT2D eigenvalue weighted by Crippen LogP contribution is -2.51. The average molecular weight is 307 g/mol. The number of hydrazone groups is 1. The summed E-state index contributed by atoms with van der Waals surface area (Å²) in [6, 6.07) is 7.57. The van der Waals surface area contributed by atoms with Gasteiger partial charge in [-0.15, -0.1) is 0 Å². The molecular weight excluding hydrogens is 288 g/mol. The smallest absolute Gasteiger partial charge is 0.246 e. The maximum atomic E-state index is 12.4. The van der Waals surface area contributed by atoms with Crippen molar-refractivity contribution in [3.05, 3.63) is 34.9 Å². The molecule has 0 bridgehead atoms. The number of hydrogen-bond acceptors (Lipinski definition) is 3. The Balaban J connectivity index is 1.91. The number of amides is 1. The molecule has 4 nitrogen and oxygen atoms in total. The molecule has 1 heterocycles. The summed E-state index contributed by atoms with van der Waals surface area (Å²) in [5.41, 5.74) is 1.96. The maximum Gasteiger partial charge on any atom is 0.246 e. The average Bonchev–Trinajstić information content (AvgIpc) is 2.43. The summed E-state index contributed by atoms with van der Waals surface area (Å²) in [5.74, 6) is 0.294. The first kappa shape index (κ1) is 14.5. The second-order valence-electron chi connectivity index (χ2n) is 5.76. The van der Waals surface area contributed by atoms with Crippen LogP contribution in [0.1, 0.15) is 31.7 Å². The van der Waals surface area contributed by atoms with Crippen LogP contribution in [0.4, 0.5) is 0 Å². The highest BCUT2D eigenvalue weighted by atomic mass is 35.5. The molecule has 3 atom stereocenters. The Hall–Kier alpha value is -1.39. The third-order valence-electron chi connectivity index (χ3n) is 4.42. The van der Waals surface area contributed by atoms with Crippen LogP contribution < -0.4 is 0 Å². The molecule has 1 amide bonds. The van der Waals surface area contributed by atoms with Crippen molar-refractivity contribution >= 4 is 23.2 Å². The Kier molecular flexibility index (Phi) is 4.00. The van der Waals surface area contributed by atoms with Crippen LogP contribution >= 0.6 is 11.6 Å². The zero-order valence-electron chi connectivity index (χ0n) is 12.0. The number of β-amino-alcohol motifs (C(OH)–C–C–N with tert-alkyl or cyclic N) is 1. The van der Waals surface area contributed by atoms with Gasteiger partial charge in [-0.1, -0.05) is 30.7 Å². The first-order chi connectivity index (χ1) is 10.1. The summed E-state index contributed by atoms with van der Waals surface area (Å²) >= 11 is 5.93. The molecule has 2 aliphatic rings. The third kappa shape index (κ3) is 2.70. The lowest BCUT2D eigenvalue weighted by atomic mass is 9.68. The van der Waals surface area contributed by atoms with E-state index in [-0.39, 0.29) is 24.3 Å². The fraction of sp³-hybridized carbons (Fsp3) is 0.500. The maximum absolute atomic E-state index is 12.4. The van der Waals surface area contributed by atoms with Gasteiger partial charge in [0.25, 0.3) is 0 Å². The van der Waals surface area contributed by atoms with Crippen molar-refractivity contribution in [1.82, 2.24) is 5.01 Å². The van der Waals surface area contributed by atoms with Gasteiger partial charge in [-0.25, -0.2) is 5.01 Å². The Bertz CT molecular complexity index is 570. The van der Waals surface area contributed by atoms with E-state index in [1.165, 1.54) is 5.01 Å². The summed E-state index contributed by atoms with van der Waals surface area (Å²) in [4.78, 5) is 12.4. The van der Waals surface area contributed by atoms with Crippen LogP contribution in [-0.2, 0) is 4.79 Å². The minimum absolute atomic E-state index is 0.0252. The minimum atomic E-state index is -0.527. The van der Waals surface area contributed by atoms with Crippen LogP contribution in [-0.4, -0.2) is 34.4 Å². The van der Waals surface area contributed by atoms with Crippen LogP contribution in [0.25, 0.3) is 0 Å². The molecule has 112 valence electrons. The number of nitrogens with zero attached hydrogens (tertiary/aromatic N) is 2. The molecule has 1 saturated carbocycles. The van der Waals surface area contributed by atoms with E-state index in [4.69, 9.17) is 11.6 Å². The zero-order valence-corrected chi connectivity index (χ0v) is 12.8. The van der Waals surface area contributed by atoms with Gasteiger partial charge in [0.2, 0.25) is 5.91 Å². The lowest BCUT2D eigenvalue weighted by Gasteiger charge is -2.43. The number of carbonyl (C=O) groups excluding carboxylic acids is 1. The van der Waals surface area contributed by atoms with Crippen molar-refractivity contribution in [2.24, 2.45) is 16.9 Å². The van der Waals surface area contributed by atoms with Crippen molar-refractivity contribution in [2.45, 2.75) is 32.3 Å². The van der Waals surface area contributed by atoms with Crippen molar-refractivity contribution in [3.63, 3.8) is 0 Å². The molecule has 0 radical (unpaired) electrons. The molecule has 0 saturated heterocycles. The van der Waals surface area contributed by atoms with Crippen molar-refractivity contribution < 1.29 is 9.90 Å². The zero-order chi connectivity index (χ0) is 15.0. The molecule has 1 N–H and O–H groups in total. The molecule has 1 aromatic carbocycles. The van der Waals surface area contributed by atoms with Crippen molar-refractivity contribution in [1.29, 1.82) is 0 Å². The predicted octanol–water partition coefficient (Wildman–Crippen LogP) is 2.68. The highest BCUT2D eigenvalue weighted by Gasteiger charge is 2.45. The van der Waals surface area contributed by atoms with E-state index in [0.717, 1.165) is 24.1 Å². The van der Waals surface area contributed by atoms with Gasteiger partial charge < -0.3 is 5.11 Å². The Morgan fingerprint density at radius 1 is 1.33 bits per heavy atom. The monoisotopic (exact) mass is 306 g/mol. The predicted molar refractivity (Wildman–Crippen MR) is 82.2 cm³/mol. The van der Waals surface area contributed by atoms with Crippen LogP contribution in [0.5, 0.6) is 0 Å². The van der Waals surface area contributed by atoms with Gasteiger partial charge in [-0.05, 0) is 37.0 Å². The number of fused-ring (bicyclic) bond motifs is 1. The van der Waals surface area contributed by atoms with E-state index in [2.05, 4.69) is 5.10 Å². The largest absolute Gasteiger partial charge is 0.391 e. The Morgan fingerprint density at radius 2 is 2.00 bits per heavy atom. The van der Waals surface area contributed by atoms with Crippen molar-refractivity contribution in [2.75, 3.05) is 6.54 Å². The molecule has 21 heavy (non-hydrogen) atoms. The Morgan fingerprint density at radius 3 is 2.57 bits per heavy atom. The van der Waals surface area contributed by atoms with E-state index in [1.54, 1.807) is 0 Å². The molecule has 1 fully saturated rings. The number of benzene rings is 1. The fourth-order valence-corrected chi connectivity index (χ4v) is 3.05. The standard InChI is InChI=1S/C16H19ClN2O2/c1-2-12(20)9-19-16(21)14-8-7-13(14)15(18-19)10-3-5-11(17)6-4-10/h3-6,12-14,20H,2,7-9H2,1H3/t12?,13-,14+/m1/s1. The second-order valence-corrected chi connectivity index (χ2v) is 6.20. The van der Waals surface area contributed by atoms with Gasteiger partial charge in [0.15, 0.2) is 0 Å². The SMILES string of the molecule is CCC(O)CN1N=C(c2ccc(Cl)cc2)[C@@H]2CC[C@@H]2C1=O.